The summed E-state index contributed by atoms with van der Waals surface area (Å²) in [6.07, 6.45) is 0.475. The Morgan fingerprint density at radius 1 is 1.43 bits per heavy atom. The van der Waals surface area contributed by atoms with E-state index in [0.717, 1.165) is 11.3 Å². The van der Waals surface area contributed by atoms with Crippen LogP contribution in [0, 0.1) is 11.3 Å². The van der Waals surface area contributed by atoms with Crippen LogP contribution in [0.4, 0.5) is 0 Å². The molecule has 0 radical (unpaired) electrons. The van der Waals surface area contributed by atoms with Gasteiger partial charge in [-0.1, -0.05) is 12.1 Å². The predicted molar refractivity (Wildman–Crippen MR) is 55.0 cm³/mol. The second kappa shape index (κ2) is 5.25. The highest BCUT2D eigenvalue weighted by Gasteiger charge is 2.07. The minimum absolute atomic E-state index is 0.103. The number of hydrogen-bond acceptors (Lipinski definition) is 3. The molecule has 1 unspecified atom stereocenters. The molecule has 1 atom stereocenters. The van der Waals surface area contributed by atoms with Crippen molar-refractivity contribution >= 4 is 0 Å². The van der Waals surface area contributed by atoms with E-state index < -0.39 is 0 Å². The number of nitrogens with one attached hydrogen (secondary N) is 1. The Balaban J connectivity index is 2.79. The first-order valence-electron chi connectivity index (χ1n) is 4.50. The van der Waals surface area contributed by atoms with Gasteiger partial charge in [0.2, 0.25) is 0 Å². The molecule has 14 heavy (non-hydrogen) atoms. The topological polar surface area (TPSA) is 45.0 Å². The molecule has 0 aliphatic rings. The van der Waals surface area contributed by atoms with Crippen LogP contribution in [0.3, 0.4) is 0 Å². The van der Waals surface area contributed by atoms with Crippen LogP contribution in [0.1, 0.15) is 18.0 Å². The molecule has 3 nitrogen and oxygen atoms in total. The number of nitrogens with zero attached hydrogens (tertiary/aromatic N) is 1. The van der Waals surface area contributed by atoms with Gasteiger partial charge in [-0.3, -0.25) is 0 Å². The van der Waals surface area contributed by atoms with E-state index in [0.29, 0.717) is 6.42 Å². The molecule has 3 heteroatoms. The summed E-state index contributed by atoms with van der Waals surface area (Å²) in [7, 11) is 3.49. The third-order valence-corrected chi connectivity index (χ3v) is 2.16. The third kappa shape index (κ3) is 2.48. The Labute approximate surface area is 84.3 Å². The number of methoxy groups -OCH3 is 1. The van der Waals surface area contributed by atoms with Crippen molar-refractivity contribution < 1.29 is 4.74 Å². The zero-order valence-electron chi connectivity index (χ0n) is 8.45. The summed E-state index contributed by atoms with van der Waals surface area (Å²) in [6, 6.07) is 9.99. The first-order valence-corrected chi connectivity index (χ1v) is 4.50. The molecule has 0 bridgehead atoms. The molecular formula is C11H14N2O. The molecule has 0 fully saturated rings. The molecule has 74 valence electrons. The van der Waals surface area contributed by atoms with Crippen LogP contribution in [0.2, 0.25) is 0 Å². The highest BCUT2D eigenvalue weighted by atomic mass is 16.5. The minimum atomic E-state index is 0.103. The smallest absolute Gasteiger partial charge is 0.118 e. The molecule has 1 aromatic rings. The van der Waals surface area contributed by atoms with E-state index in [1.807, 2.05) is 31.3 Å². The van der Waals surface area contributed by atoms with Crippen molar-refractivity contribution in [2.45, 2.75) is 12.5 Å². The zero-order chi connectivity index (χ0) is 10.4. The van der Waals surface area contributed by atoms with E-state index in [1.54, 1.807) is 7.11 Å². The summed E-state index contributed by atoms with van der Waals surface area (Å²) in [6.45, 7) is 0. The standard InChI is InChI=1S/C11H14N2O/c1-13-11(7-8-12)9-3-5-10(14-2)6-4-9/h3-6,11,13H,7H2,1-2H3. The maximum Gasteiger partial charge on any atom is 0.118 e. The SMILES string of the molecule is CNC(CC#N)c1ccc(OC)cc1. The van der Waals surface area contributed by atoms with Gasteiger partial charge in [0.05, 0.1) is 19.6 Å². The van der Waals surface area contributed by atoms with Gasteiger partial charge in [0.1, 0.15) is 5.75 Å². The van der Waals surface area contributed by atoms with Crippen molar-refractivity contribution in [3.8, 4) is 11.8 Å². The Morgan fingerprint density at radius 3 is 2.50 bits per heavy atom. The number of benzene rings is 1. The van der Waals surface area contributed by atoms with E-state index in [-0.39, 0.29) is 6.04 Å². The summed E-state index contributed by atoms with van der Waals surface area (Å²) in [5, 5.41) is 11.7. The van der Waals surface area contributed by atoms with Crippen LogP contribution in [-0.4, -0.2) is 14.2 Å². The zero-order valence-corrected chi connectivity index (χ0v) is 8.45. The van der Waals surface area contributed by atoms with E-state index in [1.165, 1.54) is 0 Å². The lowest BCUT2D eigenvalue weighted by atomic mass is 10.0. The maximum atomic E-state index is 8.62. The largest absolute Gasteiger partial charge is 0.497 e. The summed E-state index contributed by atoms with van der Waals surface area (Å²) in [5.41, 5.74) is 1.11. The first-order chi connectivity index (χ1) is 6.81. The van der Waals surface area contributed by atoms with Crippen molar-refractivity contribution in [3.05, 3.63) is 29.8 Å². The molecule has 0 heterocycles. The predicted octanol–water partition coefficient (Wildman–Crippen LogP) is 1.87. The van der Waals surface area contributed by atoms with Gasteiger partial charge < -0.3 is 10.1 Å². The molecule has 1 N–H and O–H groups in total. The first kappa shape index (κ1) is 10.6. The molecule has 0 saturated carbocycles. The van der Waals surface area contributed by atoms with Gasteiger partial charge in [0, 0.05) is 6.04 Å². The van der Waals surface area contributed by atoms with E-state index >= 15 is 0 Å². The van der Waals surface area contributed by atoms with Gasteiger partial charge in [-0.15, -0.1) is 0 Å². The Morgan fingerprint density at radius 2 is 2.07 bits per heavy atom. The van der Waals surface area contributed by atoms with Crippen molar-refractivity contribution in [1.29, 1.82) is 5.26 Å². The number of nitriles is 1. The summed E-state index contributed by atoms with van der Waals surface area (Å²) in [4.78, 5) is 0. The fraction of sp³-hybridized carbons (Fsp3) is 0.364. The number of rotatable bonds is 4. The second-order valence-electron chi connectivity index (χ2n) is 2.98. The van der Waals surface area contributed by atoms with Crippen molar-refractivity contribution in [2.24, 2.45) is 0 Å². The van der Waals surface area contributed by atoms with E-state index in [9.17, 15) is 0 Å². The van der Waals surface area contributed by atoms with E-state index in [4.69, 9.17) is 10.00 Å². The minimum Gasteiger partial charge on any atom is -0.497 e. The Bertz CT molecular complexity index is 313. The average molecular weight is 190 g/mol. The molecule has 0 saturated heterocycles. The summed E-state index contributed by atoms with van der Waals surface area (Å²) < 4.78 is 5.06. The van der Waals surface area contributed by atoms with Crippen molar-refractivity contribution in [3.63, 3.8) is 0 Å². The van der Waals surface area contributed by atoms with Crippen LogP contribution in [0.15, 0.2) is 24.3 Å². The molecule has 0 aliphatic carbocycles. The van der Waals surface area contributed by atoms with Crippen molar-refractivity contribution in [1.82, 2.24) is 5.32 Å². The normalized spacial score (nSPS) is 11.8. The van der Waals surface area contributed by atoms with Gasteiger partial charge in [-0.05, 0) is 24.7 Å². The monoisotopic (exact) mass is 190 g/mol. The van der Waals surface area contributed by atoms with Crippen LogP contribution in [0.25, 0.3) is 0 Å². The van der Waals surface area contributed by atoms with Gasteiger partial charge in [-0.2, -0.15) is 5.26 Å². The quantitative estimate of drug-likeness (QED) is 0.788. The van der Waals surface area contributed by atoms with Gasteiger partial charge >= 0.3 is 0 Å². The van der Waals surface area contributed by atoms with Gasteiger partial charge in [0.25, 0.3) is 0 Å². The number of hydrogen-bond donors (Lipinski definition) is 1. The summed E-state index contributed by atoms with van der Waals surface area (Å²) >= 11 is 0. The van der Waals surface area contributed by atoms with Crippen LogP contribution < -0.4 is 10.1 Å². The lowest BCUT2D eigenvalue weighted by Gasteiger charge is -2.12. The lowest BCUT2D eigenvalue weighted by Crippen LogP contribution is -2.15. The number of ether oxygens (including phenoxy) is 1. The summed E-state index contributed by atoms with van der Waals surface area (Å²) in [5.74, 6) is 0.834. The lowest BCUT2D eigenvalue weighted by molar-refractivity contribution is 0.414. The Hall–Kier alpha value is -1.53. The maximum absolute atomic E-state index is 8.62. The van der Waals surface area contributed by atoms with Gasteiger partial charge in [-0.25, -0.2) is 0 Å². The molecule has 1 rings (SSSR count). The molecule has 0 aliphatic heterocycles. The van der Waals surface area contributed by atoms with Gasteiger partial charge in [0.15, 0.2) is 0 Å². The fourth-order valence-corrected chi connectivity index (χ4v) is 1.31. The molecule has 0 amide bonds. The highest BCUT2D eigenvalue weighted by molar-refractivity contribution is 5.29. The molecule has 0 aromatic heterocycles. The third-order valence-electron chi connectivity index (χ3n) is 2.16. The molecule has 0 spiro atoms. The fourth-order valence-electron chi connectivity index (χ4n) is 1.31. The van der Waals surface area contributed by atoms with E-state index in [2.05, 4.69) is 11.4 Å². The molecular weight excluding hydrogens is 176 g/mol. The Kier molecular flexibility index (Phi) is 3.96. The van der Waals surface area contributed by atoms with Crippen LogP contribution in [0.5, 0.6) is 5.75 Å². The molecule has 1 aromatic carbocycles. The highest BCUT2D eigenvalue weighted by Crippen LogP contribution is 2.19. The second-order valence-corrected chi connectivity index (χ2v) is 2.98. The van der Waals surface area contributed by atoms with Crippen LogP contribution in [-0.2, 0) is 0 Å². The van der Waals surface area contributed by atoms with Crippen molar-refractivity contribution in [2.75, 3.05) is 14.2 Å². The average Bonchev–Trinajstić information content (AvgIpc) is 2.26. The van der Waals surface area contributed by atoms with Crippen LogP contribution >= 0.6 is 0 Å².